The van der Waals surface area contributed by atoms with Gasteiger partial charge in [0.15, 0.2) is 0 Å². The third-order valence-electron chi connectivity index (χ3n) is 3.07. The van der Waals surface area contributed by atoms with E-state index in [2.05, 4.69) is 22.5 Å². The summed E-state index contributed by atoms with van der Waals surface area (Å²) in [6, 6.07) is 4.91. The van der Waals surface area contributed by atoms with Crippen LogP contribution in [0.5, 0.6) is 0 Å². The van der Waals surface area contributed by atoms with E-state index < -0.39 is 17.9 Å². The predicted molar refractivity (Wildman–Crippen MR) is 92.1 cm³/mol. The van der Waals surface area contributed by atoms with E-state index in [1.807, 2.05) is 13.8 Å². The number of carboxylic acid groups (broad SMARTS) is 1. The van der Waals surface area contributed by atoms with Crippen molar-refractivity contribution in [3.63, 3.8) is 0 Å². The van der Waals surface area contributed by atoms with Crippen molar-refractivity contribution in [3.05, 3.63) is 42.5 Å². The van der Waals surface area contributed by atoms with Crippen molar-refractivity contribution in [1.82, 2.24) is 10.6 Å². The van der Waals surface area contributed by atoms with Crippen LogP contribution < -0.4 is 16.0 Å². The van der Waals surface area contributed by atoms with Crippen LogP contribution in [0.4, 0.5) is 10.5 Å². The highest BCUT2D eigenvalue weighted by Crippen LogP contribution is 2.11. The Kier molecular flexibility index (Phi) is 7.48. The highest BCUT2D eigenvalue weighted by molar-refractivity contribution is 5.98. The van der Waals surface area contributed by atoms with E-state index in [-0.39, 0.29) is 24.1 Å². The van der Waals surface area contributed by atoms with E-state index in [9.17, 15) is 14.4 Å². The molecule has 130 valence electrons. The van der Waals surface area contributed by atoms with Crippen LogP contribution in [0.25, 0.3) is 0 Å². The number of allylic oxidation sites excluding steroid dienone is 1. The number of benzene rings is 1. The number of rotatable bonds is 8. The second-order valence-corrected chi connectivity index (χ2v) is 5.56. The van der Waals surface area contributed by atoms with E-state index in [1.54, 1.807) is 24.3 Å². The Bertz CT molecular complexity index is 614. The highest BCUT2D eigenvalue weighted by atomic mass is 16.4. The number of amides is 3. The summed E-state index contributed by atoms with van der Waals surface area (Å²) in [5.41, 5.74) is 0.709. The molecular weight excluding hydrogens is 310 g/mol. The Hall–Kier alpha value is -2.83. The molecule has 0 aliphatic carbocycles. The van der Waals surface area contributed by atoms with Gasteiger partial charge in [0, 0.05) is 17.3 Å². The molecule has 1 aromatic carbocycles. The number of carboxylic acids is 1. The van der Waals surface area contributed by atoms with Crippen LogP contribution in [0.2, 0.25) is 0 Å². The smallest absolute Gasteiger partial charge is 0.326 e. The van der Waals surface area contributed by atoms with Crippen LogP contribution in [0.15, 0.2) is 36.9 Å². The molecule has 0 spiro atoms. The molecule has 7 heteroatoms. The molecule has 24 heavy (non-hydrogen) atoms. The molecule has 1 atom stereocenters. The molecule has 0 radical (unpaired) electrons. The first-order chi connectivity index (χ1) is 11.3. The zero-order valence-corrected chi connectivity index (χ0v) is 13.8. The molecule has 1 aromatic rings. The summed E-state index contributed by atoms with van der Waals surface area (Å²) in [5.74, 6) is -1.62. The summed E-state index contributed by atoms with van der Waals surface area (Å²) >= 11 is 0. The average Bonchev–Trinajstić information content (AvgIpc) is 2.50. The first-order valence-corrected chi connectivity index (χ1v) is 7.65. The largest absolute Gasteiger partial charge is 0.480 e. The van der Waals surface area contributed by atoms with Crippen molar-refractivity contribution >= 4 is 23.6 Å². The lowest BCUT2D eigenvalue weighted by Gasteiger charge is -2.14. The van der Waals surface area contributed by atoms with Gasteiger partial charge in [-0.05, 0) is 44.9 Å². The minimum atomic E-state index is -1.10. The van der Waals surface area contributed by atoms with E-state index in [4.69, 9.17) is 5.11 Å². The maximum absolute atomic E-state index is 12.2. The summed E-state index contributed by atoms with van der Waals surface area (Å²) in [6.07, 6.45) is 2.34. The molecule has 0 saturated heterocycles. The van der Waals surface area contributed by atoms with Gasteiger partial charge in [0.25, 0.3) is 5.91 Å². The van der Waals surface area contributed by atoms with Crippen LogP contribution in [-0.2, 0) is 4.79 Å². The summed E-state index contributed by atoms with van der Waals surface area (Å²) in [6.45, 7) is 7.20. The fourth-order valence-electron chi connectivity index (χ4n) is 1.95. The molecule has 0 aliphatic rings. The topological polar surface area (TPSA) is 108 Å². The van der Waals surface area contributed by atoms with E-state index in [0.29, 0.717) is 12.1 Å². The van der Waals surface area contributed by atoms with E-state index >= 15 is 0 Å². The standard InChI is InChI=1S/C17H23N3O4/c1-4-5-9-14(16(22)23)20-15(21)12-7-6-8-13(10-12)19-17(24)18-11(2)3/h4,6-8,10-11,14H,1,5,9H2,2-3H3,(H,20,21)(H,22,23)(H2,18,19,24). The number of nitrogens with one attached hydrogen (secondary N) is 3. The van der Waals surface area contributed by atoms with Crippen molar-refractivity contribution in [2.24, 2.45) is 0 Å². The Labute approximate surface area is 141 Å². The molecule has 3 amide bonds. The molecule has 0 fully saturated rings. The number of anilines is 1. The van der Waals surface area contributed by atoms with Gasteiger partial charge in [-0.25, -0.2) is 9.59 Å². The molecule has 0 heterocycles. The van der Waals surface area contributed by atoms with Crippen molar-refractivity contribution in [3.8, 4) is 0 Å². The van der Waals surface area contributed by atoms with Gasteiger partial charge in [0.1, 0.15) is 6.04 Å². The molecule has 1 unspecified atom stereocenters. The van der Waals surface area contributed by atoms with Gasteiger partial charge in [0.05, 0.1) is 0 Å². The van der Waals surface area contributed by atoms with Crippen LogP contribution in [0.1, 0.15) is 37.0 Å². The second-order valence-electron chi connectivity index (χ2n) is 5.56. The molecule has 0 aliphatic heterocycles. The zero-order valence-electron chi connectivity index (χ0n) is 13.8. The van der Waals surface area contributed by atoms with Gasteiger partial charge < -0.3 is 21.1 Å². The fraction of sp³-hybridized carbons (Fsp3) is 0.353. The lowest BCUT2D eigenvalue weighted by Crippen LogP contribution is -2.40. The highest BCUT2D eigenvalue weighted by Gasteiger charge is 2.20. The third kappa shape index (κ3) is 6.51. The van der Waals surface area contributed by atoms with Gasteiger partial charge in [-0.3, -0.25) is 4.79 Å². The van der Waals surface area contributed by atoms with Gasteiger partial charge in [-0.1, -0.05) is 12.1 Å². The van der Waals surface area contributed by atoms with Crippen molar-refractivity contribution in [2.45, 2.75) is 38.8 Å². The van der Waals surface area contributed by atoms with Crippen LogP contribution >= 0.6 is 0 Å². The number of hydrogen-bond donors (Lipinski definition) is 4. The SMILES string of the molecule is C=CCCC(NC(=O)c1cccc(NC(=O)NC(C)C)c1)C(=O)O. The molecule has 0 aromatic heterocycles. The average molecular weight is 333 g/mol. The Morgan fingerprint density at radius 2 is 1.96 bits per heavy atom. The lowest BCUT2D eigenvalue weighted by atomic mass is 10.1. The van der Waals surface area contributed by atoms with Crippen molar-refractivity contribution < 1.29 is 19.5 Å². The second kappa shape index (κ2) is 9.34. The van der Waals surface area contributed by atoms with Gasteiger partial charge >= 0.3 is 12.0 Å². The van der Waals surface area contributed by atoms with Crippen LogP contribution in [0, 0.1) is 0 Å². The summed E-state index contributed by atoms with van der Waals surface area (Å²) in [4.78, 5) is 35.1. The first-order valence-electron chi connectivity index (χ1n) is 7.65. The van der Waals surface area contributed by atoms with E-state index in [1.165, 1.54) is 6.07 Å². The molecular formula is C17H23N3O4. The normalized spacial score (nSPS) is 11.5. The molecule has 7 nitrogen and oxygen atoms in total. The number of hydrogen-bond acceptors (Lipinski definition) is 3. The Morgan fingerprint density at radius 3 is 2.54 bits per heavy atom. The van der Waals surface area contributed by atoms with Gasteiger partial charge in [0.2, 0.25) is 0 Å². The number of carbonyl (C=O) groups excluding carboxylic acids is 2. The monoisotopic (exact) mass is 333 g/mol. The Morgan fingerprint density at radius 1 is 1.25 bits per heavy atom. The fourth-order valence-corrected chi connectivity index (χ4v) is 1.95. The summed E-state index contributed by atoms with van der Waals surface area (Å²) in [5, 5.41) is 16.9. The number of urea groups is 1. The maximum atomic E-state index is 12.2. The zero-order chi connectivity index (χ0) is 18.1. The third-order valence-corrected chi connectivity index (χ3v) is 3.07. The predicted octanol–water partition coefficient (Wildman–Crippen LogP) is 2.37. The lowest BCUT2D eigenvalue weighted by molar-refractivity contribution is -0.139. The van der Waals surface area contributed by atoms with Crippen molar-refractivity contribution in [1.29, 1.82) is 0 Å². The quantitative estimate of drug-likeness (QED) is 0.548. The molecule has 0 saturated carbocycles. The summed E-state index contributed by atoms with van der Waals surface area (Å²) in [7, 11) is 0. The molecule has 1 rings (SSSR count). The van der Waals surface area contributed by atoms with Gasteiger partial charge in [-0.2, -0.15) is 0 Å². The molecule has 0 bridgehead atoms. The number of aliphatic carboxylic acids is 1. The number of carbonyl (C=O) groups is 3. The molecule has 4 N–H and O–H groups in total. The summed E-state index contributed by atoms with van der Waals surface area (Å²) < 4.78 is 0. The maximum Gasteiger partial charge on any atom is 0.326 e. The van der Waals surface area contributed by atoms with Gasteiger partial charge in [-0.15, -0.1) is 6.58 Å². The Balaban J connectivity index is 2.76. The van der Waals surface area contributed by atoms with E-state index in [0.717, 1.165) is 0 Å². The minimum Gasteiger partial charge on any atom is -0.480 e. The first kappa shape index (κ1) is 19.2. The van der Waals surface area contributed by atoms with Crippen LogP contribution in [-0.4, -0.2) is 35.1 Å². The van der Waals surface area contributed by atoms with Crippen molar-refractivity contribution in [2.75, 3.05) is 5.32 Å². The minimum absolute atomic E-state index is 0.0160. The van der Waals surface area contributed by atoms with Crippen LogP contribution in [0.3, 0.4) is 0 Å².